The maximum Gasteiger partial charge on any atom is 0.306 e. The summed E-state index contributed by atoms with van der Waals surface area (Å²) in [6.07, 6.45) is 2.47. The standard InChI is InChI=1S/C14H24N2O4/c1-9(2)15-12(17)8-16(3)13(18)10-5-4-6-11(7-10)14(19)20/h9-11H,4-8H2,1-3H3,(H,15,17)(H,19,20). The van der Waals surface area contributed by atoms with E-state index in [0.29, 0.717) is 19.3 Å². The molecule has 6 nitrogen and oxygen atoms in total. The summed E-state index contributed by atoms with van der Waals surface area (Å²) in [6.45, 7) is 3.74. The molecule has 0 saturated heterocycles. The van der Waals surface area contributed by atoms with Gasteiger partial charge < -0.3 is 15.3 Å². The van der Waals surface area contributed by atoms with Crippen LogP contribution in [-0.4, -0.2) is 47.4 Å². The van der Waals surface area contributed by atoms with Crippen molar-refractivity contribution in [1.29, 1.82) is 0 Å². The molecular weight excluding hydrogens is 260 g/mol. The van der Waals surface area contributed by atoms with Crippen LogP contribution in [0.3, 0.4) is 0 Å². The lowest BCUT2D eigenvalue weighted by Crippen LogP contribution is -2.43. The van der Waals surface area contributed by atoms with Crippen LogP contribution in [0.4, 0.5) is 0 Å². The molecule has 2 atom stereocenters. The smallest absolute Gasteiger partial charge is 0.306 e. The molecule has 0 spiro atoms. The van der Waals surface area contributed by atoms with Gasteiger partial charge in [-0.15, -0.1) is 0 Å². The Morgan fingerprint density at radius 2 is 1.85 bits per heavy atom. The number of hydrogen-bond acceptors (Lipinski definition) is 3. The van der Waals surface area contributed by atoms with Crippen molar-refractivity contribution < 1.29 is 19.5 Å². The van der Waals surface area contributed by atoms with Gasteiger partial charge in [0.15, 0.2) is 0 Å². The first-order valence-corrected chi connectivity index (χ1v) is 7.08. The fourth-order valence-electron chi connectivity index (χ4n) is 2.61. The van der Waals surface area contributed by atoms with E-state index in [2.05, 4.69) is 5.32 Å². The van der Waals surface area contributed by atoms with Gasteiger partial charge >= 0.3 is 5.97 Å². The number of likely N-dealkylation sites (N-methyl/N-ethyl adjacent to an activating group) is 1. The molecule has 1 fully saturated rings. The molecule has 1 saturated carbocycles. The van der Waals surface area contributed by atoms with Gasteiger partial charge in [0.25, 0.3) is 0 Å². The summed E-state index contributed by atoms with van der Waals surface area (Å²) >= 11 is 0. The van der Waals surface area contributed by atoms with Crippen molar-refractivity contribution in [3.8, 4) is 0 Å². The summed E-state index contributed by atoms with van der Waals surface area (Å²) in [4.78, 5) is 36.3. The molecule has 114 valence electrons. The normalized spacial score (nSPS) is 22.4. The van der Waals surface area contributed by atoms with Gasteiger partial charge in [-0.25, -0.2) is 0 Å². The van der Waals surface area contributed by atoms with Crippen LogP contribution in [0.5, 0.6) is 0 Å². The molecule has 2 N–H and O–H groups in total. The summed E-state index contributed by atoms with van der Waals surface area (Å²) in [5, 5.41) is 11.8. The average Bonchev–Trinajstić information content (AvgIpc) is 2.36. The number of amides is 2. The van der Waals surface area contributed by atoms with Crippen LogP contribution in [-0.2, 0) is 14.4 Å². The van der Waals surface area contributed by atoms with Crippen molar-refractivity contribution in [1.82, 2.24) is 10.2 Å². The minimum atomic E-state index is -0.831. The highest BCUT2D eigenvalue weighted by atomic mass is 16.4. The van der Waals surface area contributed by atoms with E-state index in [0.717, 1.165) is 6.42 Å². The highest BCUT2D eigenvalue weighted by Crippen LogP contribution is 2.30. The fourth-order valence-corrected chi connectivity index (χ4v) is 2.61. The predicted molar refractivity (Wildman–Crippen MR) is 74.0 cm³/mol. The first kappa shape index (κ1) is 16.5. The summed E-state index contributed by atoms with van der Waals surface area (Å²) in [6, 6.07) is 0.0390. The molecule has 1 aliphatic carbocycles. The number of hydrogen-bond donors (Lipinski definition) is 2. The topological polar surface area (TPSA) is 86.7 Å². The van der Waals surface area contributed by atoms with E-state index in [4.69, 9.17) is 5.11 Å². The largest absolute Gasteiger partial charge is 0.481 e. The number of carboxylic acids is 1. The molecular formula is C14H24N2O4. The zero-order valence-electron chi connectivity index (χ0n) is 12.4. The second kappa shape index (κ2) is 7.26. The Morgan fingerprint density at radius 1 is 1.25 bits per heavy atom. The minimum absolute atomic E-state index is 0.0191. The molecule has 20 heavy (non-hydrogen) atoms. The van der Waals surface area contributed by atoms with Crippen molar-refractivity contribution in [3.63, 3.8) is 0 Å². The lowest BCUT2D eigenvalue weighted by atomic mass is 9.81. The third-order valence-corrected chi connectivity index (χ3v) is 3.58. The Morgan fingerprint density at radius 3 is 2.40 bits per heavy atom. The summed E-state index contributed by atoms with van der Waals surface area (Å²) in [5.74, 6) is -1.86. The number of carbonyl (C=O) groups is 3. The van der Waals surface area contributed by atoms with Crippen LogP contribution >= 0.6 is 0 Å². The van der Waals surface area contributed by atoms with E-state index >= 15 is 0 Å². The highest BCUT2D eigenvalue weighted by Gasteiger charge is 2.32. The van der Waals surface area contributed by atoms with E-state index in [1.807, 2.05) is 13.8 Å². The van der Waals surface area contributed by atoms with Gasteiger partial charge in [-0.1, -0.05) is 6.42 Å². The summed E-state index contributed by atoms with van der Waals surface area (Å²) in [5.41, 5.74) is 0. The Bertz CT molecular complexity index is 381. The van der Waals surface area contributed by atoms with Crippen molar-refractivity contribution >= 4 is 17.8 Å². The molecule has 0 heterocycles. The SMILES string of the molecule is CC(C)NC(=O)CN(C)C(=O)C1CCCC(C(=O)O)C1. The summed E-state index contributed by atoms with van der Waals surface area (Å²) in [7, 11) is 1.59. The number of carbonyl (C=O) groups excluding carboxylic acids is 2. The van der Waals surface area contributed by atoms with Gasteiger partial charge in [-0.3, -0.25) is 14.4 Å². The number of nitrogens with zero attached hydrogens (tertiary/aromatic N) is 1. The van der Waals surface area contributed by atoms with Gasteiger partial charge in [0.1, 0.15) is 0 Å². The average molecular weight is 284 g/mol. The van der Waals surface area contributed by atoms with Gasteiger partial charge in [0, 0.05) is 19.0 Å². The molecule has 6 heteroatoms. The monoisotopic (exact) mass is 284 g/mol. The van der Waals surface area contributed by atoms with Crippen LogP contribution < -0.4 is 5.32 Å². The fraction of sp³-hybridized carbons (Fsp3) is 0.786. The lowest BCUT2D eigenvalue weighted by molar-refractivity contribution is -0.146. The zero-order chi connectivity index (χ0) is 15.3. The van der Waals surface area contributed by atoms with Gasteiger partial charge in [0.05, 0.1) is 12.5 Å². The predicted octanol–water partition coefficient (Wildman–Crippen LogP) is 0.860. The van der Waals surface area contributed by atoms with Crippen LogP contribution in [0, 0.1) is 11.8 Å². The second-order valence-corrected chi connectivity index (χ2v) is 5.82. The van der Waals surface area contributed by atoms with Crippen LogP contribution in [0.25, 0.3) is 0 Å². The molecule has 0 aromatic rings. The van der Waals surface area contributed by atoms with E-state index in [1.165, 1.54) is 4.90 Å². The maximum absolute atomic E-state index is 12.2. The Labute approximate surface area is 119 Å². The third-order valence-electron chi connectivity index (χ3n) is 3.58. The number of nitrogens with one attached hydrogen (secondary N) is 1. The van der Waals surface area contributed by atoms with E-state index < -0.39 is 11.9 Å². The summed E-state index contributed by atoms with van der Waals surface area (Å²) < 4.78 is 0. The minimum Gasteiger partial charge on any atom is -0.481 e. The molecule has 0 aliphatic heterocycles. The Balaban J connectivity index is 2.51. The van der Waals surface area contributed by atoms with Crippen molar-refractivity contribution in [3.05, 3.63) is 0 Å². The zero-order valence-corrected chi connectivity index (χ0v) is 12.4. The van der Waals surface area contributed by atoms with E-state index in [-0.39, 0.29) is 30.3 Å². The third kappa shape index (κ3) is 4.83. The first-order valence-electron chi connectivity index (χ1n) is 7.08. The molecule has 0 radical (unpaired) electrons. The highest BCUT2D eigenvalue weighted by molar-refractivity contribution is 5.86. The van der Waals surface area contributed by atoms with E-state index in [9.17, 15) is 14.4 Å². The van der Waals surface area contributed by atoms with E-state index in [1.54, 1.807) is 7.05 Å². The van der Waals surface area contributed by atoms with Crippen LogP contribution in [0.15, 0.2) is 0 Å². The molecule has 1 rings (SSSR count). The number of aliphatic carboxylic acids is 1. The van der Waals surface area contributed by atoms with Gasteiger partial charge in [-0.2, -0.15) is 0 Å². The van der Waals surface area contributed by atoms with Crippen LogP contribution in [0.1, 0.15) is 39.5 Å². The quantitative estimate of drug-likeness (QED) is 0.784. The number of carboxylic acid groups (broad SMARTS) is 1. The molecule has 2 amide bonds. The number of rotatable bonds is 5. The first-order chi connectivity index (χ1) is 9.31. The maximum atomic E-state index is 12.2. The molecule has 0 bridgehead atoms. The van der Waals surface area contributed by atoms with Crippen molar-refractivity contribution in [2.24, 2.45) is 11.8 Å². The lowest BCUT2D eigenvalue weighted by Gasteiger charge is -2.29. The van der Waals surface area contributed by atoms with Gasteiger partial charge in [0.2, 0.25) is 11.8 Å². The van der Waals surface area contributed by atoms with Crippen molar-refractivity contribution in [2.75, 3.05) is 13.6 Å². The molecule has 0 aromatic carbocycles. The second-order valence-electron chi connectivity index (χ2n) is 5.82. The molecule has 0 aromatic heterocycles. The Hall–Kier alpha value is -1.59. The molecule has 2 unspecified atom stereocenters. The van der Waals surface area contributed by atoms with Crippen molar-refractivity contribution in [2.45, 2.75) is 45.6 Å². The van der Waals surface area contributed by atoms with Crippen LogP contribution in [0.2, 0.25) is 0 Å². The molecule has 1 aliphatic rings. The van der Waals surface area contributed by atoms with Gasteiger partial charge in [-0.05, 0) is 33.1 Å². The Kier molecular flexibility index (Phi) is 5.98.